The van der Waals surface area contributed by atoms with Gasteiger partial charge < -0.3 is 28.1 Å². The summed E-state index contributed by atoms with van der Waals surface area (Å²) in [5.74, 6) is 0. The van der Waals surface area contributed by atoms with Crippen LogP contribution in [0.4, 0.5) is 0 Å². The number of rotatable bonds is 0. The fourth-order valence-corrected chi connectivity index (χ4v) is 0. The summed E-state index contributed by atoms with van der Waals surface area (Å²) in [4.78, 5) is 34.1. The van der Waals surface area contributed by atoms with E-state index in [0.717, 1.165) is 0 Å². The Kier molecular flexibility index (Phi) is 37.9. The molecule has 10 heavy (non-hydrogen) atoms. The zero-order valence-corrected chi connectivity index (χ0v) is 12.3. The third kappa shape index (κ3) is 324. The Morgan fingerprint density at radius 1 is 0.700 bits per heavy atom. The molecule has 0 N–H and O–H groups in total. The molecule has 0 amide bonds. The maximum absolute atomic E-state index is 8.52. The van der Waals surface area contributed by atoms with Gasteiger partial charge in [-0.05, 0) is 0 Å². The molecule has 2 radical (unpaired) electrons. The normalized spacial score (nSPS) is 4.80. The van der Waals surface area contributed by atoms with Crippen molar-refractivity contribution in [1.29, 1.82) is 0 Å². The van der Waals surface area contributed by atoms with Gasteiger partial charge in [0.25, 0.3) is 0 Å². The Hall–Kier alpha value is 1.44. The van der Waals surface area contributed by atoms with Crippen LogP contribution in [0.25, 0.3) is 0 Å². The molecule has 0 spiro atoms. The second-order valence-corrected chi connectivity index (χ2v) is 1.50. The molecule has 0 saturated heterocycles. The van der Waals surface area contributed by atoms with Crippen LogP contribution >= 0.6 is 0 Å². The molecule has 0 aromatic rings. The molecule has 54 valence electrons. The van der Waals surface area contributed by atoms with Gasteiger partial charge in [0.05, 0.1) is 0 Å². The topological polar surface area (TPSA) is 126 Å². The Morgan fingerprint density at radius 3 is 0.700 bits per heavy atom. The molecule has 0 aromatic heterocycles. The van der Waals surface area contributed by atoms with E-state index in [9.17, 15) is 0 Å². The van der Waals surface area contributed by atoms with E-state index in [1.165, 1.54) is 0 Å². The molecule has 0 aliphatic rings. The van der Waals surface area contributed by atoms with Crippen molar-refractivity contribution in [2.75, 3.05) is 0 Å². The van der Waals surface area contributed by atoms with Crippen LogP contribution in [-0.2, 0) is 74.3 Å². The van der Waals surface area contributed by atoms with E-state index in [4.69, 9.17) is 28.1 Å². The Bertz CT molecular complexity index is 71.7. The van der Waals surface area contributed by atoms with Gasteiger partial charge in [0, 0.05) is 83.8 Å². The van der Waals surface area contributed by atoms with Crippen molar-refractivity contribution in [2.24, 2.45) is 0 Å². The van der Waals surface area contributed by atoms with Crippen molar-refractivity contribution >= 4 is 18.3 Å². The van der Waals surface area contributed by atoms with E-state index < -0.39 is 18.3 Å². The average molecular weight is 330 g/mol. The van der Waals surface area contributed by atoms with Crippen LogP contribution in [0.1, 0.15) is 0 Å². The van der Waals surface area contributed by atoms with E-state index in [1.54, 1.807) is 0 Å². The fourth-order valence-electron chi connectivity index (χ4n) is 0. The summed E-state index contributed by atoms with van der Waals surface area (Å²) < 4.78 is 17.0. The monoisotopic (exact) mass is 330 g/mol. The minimum Gasteiger partial charge on any atom is -0.672 e. The quantitative estimate of drug-likeness (QED) is 0.407. The molecule has 0 saturated carbocycles. The van der Waals surface area contributed by atoms with Crippen LogP contribution in [0.2, 0.25) is 0 Å². The Morgan fingerprint density at radius 2 is 0.700 bits per heavy atom. The standard InChI is InChI=1S/2O3Si.2Y/c2*1-4(2)3;;/q2*-2;;. The van der Waals surface area contributed by atoms with Crippen LogP contribution in [0.15, 0.2) is 0 Å². The molecule has 0 aliphatic heterocycles. The van der Waals surface area contributed by atoms with Gasteiger partial charge in [-0.15, -0.1) is 0 Å². The Balaban J connectivity index is -0.0000000300. The number of hydrogen-bond donors (Lipinski definition) is 0. The molecule has 0 fully saturated rings. The van der Waals surface area contributed by atoms with Crippen molar-refractivity contribution in [3.63, 3.8) is 0 Å². The smallest absolute Gasteiger partial charge is 0.0172 e. The minimum absolute atomic E-state index is 0. The molecular weight excluding hydrogens is 330 g/mol. The average Bonchev–Trinajstić information content (AvgIpc) is 1.25. The molecule has 0 aliphatic carbocycles. The first-order valence-electron chi connectivity index (χ1n) is 1.22. The molecule has 0 aromatic carbocycles. The maximum atomic E-state index is 8.52. The summed E-state index contributed by atoms with van der Waals surface area (Å²) >= 11 is 0. The molecule has 0 rings (SSSR count). The summed E-state index contributed by atoms with van der Waals surface area (Å²) in [5.41, 5.74) is 0. The van der Waals surface area contributed by atoms with Crippen molar-refractivity contribution in [3.8, 4) is 0 Å². The second kappa shape index (κ2) is 16.8. The summed E-state index contributed by atoms with van der Waals surface area (Å²) in [5, 5.41) is 0. The van der Waals surface area contributed by atoms with E-state index in [1.807, 2.05) is 0 Å². The van der Waals surface area contributed by atoms with E-state index >= 15 is 0 Å². The predicted octanol–water partition coefficient (Wildman–Crippen LogP) is -5.76. The summed E-state index contributed by atoms with van der Waals surface area (Å²) in [7, 11) is -7.26. The van der Waals surface area contributed by atoms with Gasteiger partial charge in [0.15, 0.2) is 0 Å². The predicted molar refractivity (Wildman–Crippen MR) is 12.9 cm³/mol. The summed E-state index contributed by atoms with van der Waals surface area (Å²) in [6.07, 6.45) is 0. The van der Waals surface area contributed by atoms with Gasteiger partial charge in [-0.3, -0.25) is 0 Å². The third-order valence-corrected chi connectivity index (χ3v) is 0. The van der Waals surface area contributed by atoms with E-state index in [0.29, 0.717) is 0 Å². The number of hydrogen-bond acceptors (Lipinski definition) is 6. The van der Waals surface area contributed by atoms with Crippen LogP contribution in [-0.4, -0.2) is 18.3 Å². The van der Waals surface area contributed by atoms with Crippen LogP contribution in [0.5, 0.6) is 0 Å². The summed E-state index contributed by atoms with van der Waals surface area (Å²) in [6.45, 7) is 0. The van der Waals surface area contributed by atoms with Gasteiger partial charge in [-0.2, -0.15) is 0 Å². The second-order valence-electron chi connectivity index (χ2n) is 0.500. The van der Waals surface area contributed by atoms with Gasteiger partial charge in [-0.25, -0.2) is 0 Å². The molecular formula is O6Si2Y2-4. The molecule has 0 heterocycles. The third-order valence-electron chi connectivity index (χ3n) is 0. The molecule has 0 bridgehead atoms. The van der Waals surface area contributed by atoms with E-state index in [-0.39, 0.29) is 65.4 Å². The molecule has 10 heteroatoms. The van der Waals surface area contributed by atoms with Crippen molar-refractivity contribution in [2.45, 2.75) is 0 Å². The van der Waals surface area contributed by atoms with Crippen molar-refractivity contribution in [3.05, 3.63) is 0 Å². The zero-order chi connectivity index (χ0) is 7.15. The van der Waals surface area contributed by atoms with Gasteiger partial charge in [0.2, 0.25) is 0 Å². The minimum atomic E-state index is -3.63. The molecule has 0 unspecified atom stereocenters. The zero-order valence-electron chi connectivity index (χ0n) is 4.60. The fraction of sp³-hybridized carbons (Fsp3) is 0. The Labute approximate surface area is 110 Å². The maximum Gasteiger partial charge on any atom is 0.0172 e. The van der Waals surface area contributed by atoms with Gasteiger partial charge in [-0.1, -0.05) is 0 Å². The van der Waals surface area contributed by atoms with Crippen LogP contribution in [0, 0.1) is 0 Å². The SMILES string of the molecule is O=[Si]([O-])[O-].O=[Si]([O-])[O-].[Y].[Y]. The summed E-state index contributed by atoms with van der Waals surface area (Å²) in [6, 6.07) is 0. The van der Waals surface area contributed by atoms with Crippen molar-refractivity contribution in [1.82, 2.24) is 0 Å². The van der Waals surface area contributed by atoms with Crippen LogP contribution < -0.4 is 19.2 Å². The van der Waals surface area contributed by atoms with Crippen molar-refractivity contribution < 1.29 is 93.5 Å². The van der Waals surface area contributed by atoms with E-state index in [2.05, 4.69) is 0 Å². The van der Waals surface area contributed by atoms with Gasteiger partial charge in [0.1, 0.15) is 0 Å². The van der Waals surface area contributed by atoms with Crippen LogP contribution in [0.3, 0.4) is 0 Å². The molecule has 0 atom stereocenters. The largest absolute Gasteiger partial charge is 0.672 e. The first-order chi connectivity index (χ1) is 3.46. The first kappa shape index (κ1) is 22.5. The van der Waals surface area contributed by atoms with Gasteiger partial charge >= 0.3 is 0 Å². The first-order valence-corrected chi connectivity index (χ1v) is 3.67. The molecule has 6 nitrogen and oxygen atoms in total.